The zero-order valence-corrected chi connectivity index (χ0v) is 18.0. The predicted molar refractivity (Wildman–Crippen MR) is 119 cm³/mol. The molecule has 0 amide bonds. The number of benzene rings is 2. The summed E-state index contributed by atoms with van der Waals surface area (Å²) in [6, 6.07) is 15.6. The summed E-state index contributed by atoms with van der Waals surface area (Å²) in [5.74, 6) is -0.168. The summed E-state index contributed by atoms with van der Waals surface area (Å²) >= 11 is 0. The molecular weight excluding hydrogens is 386 g/mol. The molecule has 5 heteroatoms. The third kappa shape index (κ3) is 5.50. The van der Waals surface area contributed by atoms with Crippen LogP contribution in [0.4, 0.5) is 0 Å². The Balaban J connectivity index is 0.00000240. The van der Waals surface area contributed by atoms with Crippen LogP contribution in [0.3, 0.4) is 0 Å². The Hall–Kier alpha value is -1.62. The number of halogens is 1. The van der Waals surface area contributed by atoms with Gasteiger partial charge in [0.05, 0.1) is 12.7 Å². The van der Waals surface area contributed by atoms with Crippen molar-refractivity contribution < 1.29 is 14.3 Å². The lowest BCUT2D eigenvalue weighted by molar-refractivity contribution is -0.145. The van der Waals surface area contributed by atoms with Crippen LogP contribution in [0.25, 0.3) is 10.8 Å². The number of ether oxygens (including phenoxy) is 2. The van der Waals surface area contributed by atoms with Crippen LogP contribution < -0.4 is 0 Å². The summed E-state index contributed by atoms with van der Waals surface area (Å²) in [7, 11) is 0. The Labute approximate surface area is 180 Å². The van der Waals surface area contributed by atoms with Gasteiger partial charge in [0.2, 0.25) is 0 Å². The molecule has 4 nitrogen and oxygen atoms in total. The van der Waals surface area contributed by atoms with Gasteiger partial charge in [0, 0.05) is 26.1 Å². The molecule has 1 saturated carbocycles. The van der Waals surface area contributed by atoms with Gasteiger partial charge in [0.1, 0.15) is 6.10 Å². The first-order valence-electron chi connectivity index (χ1n) is 10.7. The van der Waals surface area contributed by atoms with Crippen molar-refractivity contribution in [1.29, 1.82) is 0 Å². The second kappa shape index (κ2) is 10.4. The van der Waals surface area contributed by atoms with E-state index in [1.165, 1.54) is 42.5 Å². The quantitative estimate of drug-likeness (QED) is 0.634. The molecule has 4 rings (SSSR count). The summed E-state index contributed by atoms with van der Waals surface area (Å²) in [6.45, 7) is 4.12. The van der Waals surface area contributed by atoms with Crippen LogP contribution in [-0.2, 0) is 20.7 Å². The minimum Gasteiger partial charge on any atom is -0.461 e. The van der Waals surface area contributed by atoms with Crippen molar-refractivity contribution in [2.45, 2.75) is 63.7 Å². The third-order valence-corrected chi connectivity index (χ3v) is 6.23. The molecule has 3 unspecified atom stereocenters. The molecule has 2 fully saturated rings. The standard InChI is InChI=1S/C24H31NO3.ClH/c1-18(26)28-21-13-15-25(17-21)23-11-4-5-12-24(23)27-16-14-20-9-6-8-19-7-2-3-10-22(19)20;/h2-3,6-10,21,23-24H,4-5,11-17H2,1H3;1H. The van der Waals surface area contributed by atoms with Gasteiger partial charge in [0.15, 0.2) is 0 Å². The Morgan fingerprint density at radius 3 is 2.72 bits per heavy atom. The highest BCUT2D eigenvalue weighted by molar-refractivity contribution is 5.86. The molecule has 0 N–H and O–H groups in total. The van der Waals surface area contributed by atoms with E-state index >= 15 is 0 Å². The Bertz CT molecular complexity index is 806. The first-order valence-corrected chi connectivity index (χ1v) is 10.7. The molecule has 0 radical (unpaired) electrons. The van der Waals surface area contributed by atoms with Crippen LogP contribution >= 0.6 is 12.4 Å². The van der Waals surface area contributed by atoms with E-state index in [9.17, 15) is 4.79 Å². The highest BCUT2D eigenvalue weighted by atomic mass is 35.5. The molecule has 0 spiro atoms. The first-order chi connectivity index (χ1) is 13.7. The lowest BCUT2D eigenvalue weighted by Crippen LogP contribution is -2.46. The van der Waals surface area contributed by atoms with Gasteiger partial charge >= 0.3 is 5.97 Å². The van der Waals surface area contributed by atoms with Crippen LogP contribution in [0.1, 0.15) is 44.6 Å². The van der Waals surface area contributed by atoms with Crippen molar-refractivity contribution in [1.82, 2.24) is 4.90 Å². The second-order valence-corrected chi connectivity index (χ2v) is 8.16. The van der Waals surface area contributed by atoms with Gasteiger partial charge < -0.3 is 9.47 Å². The lowest BCUT2D eigenvalue weighted by atomic mass is 9.91. The summed E-state index contributed by atoms with van der Waals surface area (Å²) in [5, 5.41) is 2.63. The molecule has 0 bridgehead atoms. The zero-order valence-electron chi connectivity index (χ0n) is 17.2. The SMILES string of the molecule is CC(=O)OC1CCN(C2CCCCC2OCCc2cccc3ccccc23)C1.Cl. The average Bonchev–Trinajstić information content (AvgIpc) is 3.16. The Morgan fingerprint density at radius 1 is 1.07 bits per heavy atom. The average molecular weight is 418 g/mol. The maximum absolute atomic E-state index is 11.3. The molecule has 1 aliphatic heterocycles. The van der Waals surface area contributed by atoms with Gasteiger partial charge in [-0.1, -0.05) is 55.3 Å². The zero-order chi connectivity index (χ0) is 19.3. The predicted octanol–water partition coefficient (Wildman–Crippen LogP) is 4.77. The smallest absolute Gasteiger partial charge is 0.302 e. The normalized spacial score (nSPS) is 24.9. The van der Waals surface area contributed by atoms with Crippen molar-refractivity contribution >= 4 is 29.1 Å². The van der Waals surface area contributed by atoms with Gasteiger partial charge in [-0.25, -0.2) is 0 Å². The summed E-state index contributed by atoms with van der Waals surface area (Å²) in [5.41, 5.74) is 1.36. The fourth-order valence-electron chi connectivity index (χ4n) is 4.91. The first kappa shape index (κ1) is 22.1. The van der Waals surface area contributed by atoms with Gasteiger partial charge in [-0.3, -0.25) is 9.69 Å². The van der Waals surface area contributed by atoms with Crippen molar-refractivity contribution in [2.24, 2.45) is 0 Å². The molecule has 2 aromatic rings. The third-order valence-electron chi connectivity index (χ3n) is 6.23. The highest BCUT2D eigenvalue weighted by Gasteiger charge is 2.36. The van der Waals surface area contributed by atoms with E-state index in [0.717, 1.165) is 39.0 Å². The van der Waals surface area contributed by atoms with E-state index in [-0.39, 0.29) is 24.5 Å². The molecule has 1 saturated heterocycles. The molecule has 1 aliphatic carbocycles. The number of fused-ring (bicyclic) bond motifs is 1. The Morgan fingerprint density at radius 2 is 1.86 bits per heavy atom. The molecule has 158 valence electrons. The van der Waals surface area contributed by atoms with Crippen molar-refractivity contribution in [3.63, 3.8) is 0 Å². The van der Waals surface area contributed by atoms with Gasteiger partial charge in [-0.2, -0.15) is 0 Å². The molecule has 1 heterocycles. The van der Waals surface area contributed by atoms with E-state index < -0.39 is 0 Å². The summed E-state index contributed by atoms with van der Waals surface area (Å²) < 4.78 is 11.9. The number of esters is 1. The topological polar surface area (TPSA) is 38.8 Å². The number of likely N-dealkylation sites (tertiary alicyclic amines) is 1. The molecular formula is C24H32ClNO3. The van der Waals surface area contributed by atoms with Crippen LogP contribution in [0.5, 0.6) is 0 Å². The lowest BCUT2D eigenvalue weighted by Gasteiger charge is -2.37. The largest absolute Gasteiger partial charge is 0.461 e. The molecule has 2 aromatic carbocycles. The summed E-state index contributed by atoms with van der Waals surface area (Å²) in [4.78, 5) is 13.7. The minimum absolute atomic E-state index is 0. The molecule has 29 heavy (non-hydrogen) atoms. The fraction of sp³-hybridized carbons (Fsp3) is 0.542. The van der Waals surface area contributed by atoms with Crippen LogP contribution in [0, 0.1) is 0 Å². The monoisotopic (exact) mass is 417 g/mol. The second-order valence-electron chi connectivity index (χ2n) is 8.16. The maximum Gasteiger partial charge on any atom is 0.302 e. The molecule has 3 atom stereocenters. The molecule has 0 aromatic heterocycles. The highest BCUT2D eigenvalue weighted by Crippen LogP contribution is 2.29. The number of rotatable bonds is 6. The van der Waals surface area contributed by atoms with Gasteiger partial charge in [-0.05, 0) is 42.0 Å². The number of nitrogens with zero attached hydrogens (tertiary/aromatic N) is 1. The number of hydrogen-bond donors (Lipinski definition) is 0. The van der Waals surface area contributed by atoms with Crippen molar-refractivity contribution in [3.05, 3.63) is 48.0 Å². The van der Waals surface area contributed by atoms with Gasteiger partial charge in [0.25, 0.3) is 0 Å². The van der Waals surface area contributed by atoms with Gasteiger partial charge in [-0.15, -0.1) is 12.4 Å². The fourth-order valence-corrected chi connectivity index (χ4v) is 4.91. The van der Waals surface area contributed by atoms with E-state index in [2.05, 4.69) is 47.4 Å². The van der Waals surface area contributed by atoms with Crippen LogP contribution in [0.2, 0.25) is 0 Å². The van der Waals surface area contributed by atoms with E-state index in [4.69, 9.17) is 9.47 Å². The maximum atomic E-state index is 11.3. The van der Waals surface area contributed by atoms with E-state index in [0.29, 0.717) is 12.1 Å². The molecule has 2 aliphatic rings. The summed E-state index contributed by atoms with van der Waals surface area (Å²) in [6.07, 6.45) is 7.06. The van der Waals surface area contributed by atoms with E-state index in [1.54, 1.807) is 0 Å². The van der Waals surface area contributed by atoms with Crippen LogP contribution in [0.15, 0.2) is 42.5 Å². The van der Waals surface area contributed by atoms with Crippen LogP contribution in [-0.4, -0.2) is 48.8 Å². The number of hydrogen-bond acceptors (Lipinski definition) is 4. The number of carbonyl (C=O) groups excluding carboxylic acids is 1. The Kier molecular flexibility index (Phi) is 7.93. The van der Waals surface area contributed by atoms with E-state index in [1.807, 2.05) is 0 Å². The van der Waals surface area contributed by atoms with Crippen molar-refractivity contribution in [3.8, 4) is 0 Å². The minimum atomic E-state index is -0.168. The van der Waals surface area contributed by atoms with Crippen molar-refractivity contribution in [2.75, 3.05) is 19.7 Å². The number of carbonyl (C=O) groups is 1.